The molecule has 0 saturated carbocycles. The van der Waals surface area contributed by atoms with E-state index in [9.17, 15) is 4.79 Å². The average molecular weight is 436 g/mol. The SMILES string of the molecule is O=c1c2[nH]c3ccc(Br)cc3c2ncn1/N=C/c1ccc(Cl)cc1Cl. The molecule has 4 aromatic rings. The van der Waals surface area contributed by atoms with Crippen LogP contribution in [0, 0.1) is 0 Å². The zero-order chi connectivity index (χ0) is 17.6. The summed E-state index contributed by atoms with van der Waals surface area (Å²) >= 11 is 15.4. The van der Waals surface area contributed by atoms with Gasteiger partial charge in [-0.3, -0.25) is 4.79 Å². The number of benzene rings is 2. The molecule has 0 atom stereocenters. The molecule has 124 valence electrons. The van der Waals surface area contributed by atoms with Gasteiger partial charge in [-0.15, -0.1) is 0 Å². The molecule has 0 fully saturated rings. The molecule has 0 bridgehead atoms. The van der Waals surface area contributed by atoms with E-state index in [1.807, 2.05) is 18.2 Å². The highest BCUT2D eigenvalue weighted by Gasteiger charge is 2.11. The van der Waals surface area contributed by atoms with Gasteiger partial charge in [-0.25, -0.2) is 4.98 Å². The summed E-state index contributed by atoms with van der Waals surface area (Å²) < 4.78 is 2.08. The van der Waals surface area contributed by atoms with Gasteiger partial charge in [-0.05, 0) is 30.3 Å². The highest BCUT2D eigenvalue weighted by atomic mass is 79.9. The summed E-state index contributed by atoms with van der Waals surface area (Å²) in [5.74, 6) is 0. The smallest absolute Gasteiger partial charge is 0.298 e. The maximum absolute atomic E-state index is 12.7. The molecule has 0 aliphatic carbocycles. The number of nitrogens with one attached hydrogen (secondary N) is 1. The van der Waals surface area contributed by atoms with Gasteiger partial charge in [-0.2, -0.15) is 9.78 Å². The van der Waals surface area contributed by atoms with Crippen LogP contribution in [0.15, 0.2) is 57.1 Å². The molecule has 1 N–H and O–H groups in total. The number of halogens is 3. The molecule has 0 spiro atoms. The van der Waals surface area contributed by atoms with E-state index in [1.54, 1.807) is 18.2 Å². The number of H-pyrrole nitrogens is 1. The van der Waals surface area contributed by atoms with Crippen LogP contribution in [0.5, 0.6) is 0 Å². The largest absolute Gasteiger partial charge is 0.349 e. The number of nitrogens with zero attached hydrogens (tertiary/aromatic N) is 3. The van der Waals surface area contributed by atoms with Gasteiger partial charge in [0.05, 0.1) is 11.2 Å². The number of aromatic amines is 1. The second kappa shape index (κ2) is 6.29. The van der Waals surface area contributed by atoms with E-state index >= 15 is 0 Å². The van der Waals surface area contributed by atoms with Crippen LogP contribution in [0.1, 0.15) is 5.56 Å². The third kappa shape index (κ3) is 2.97. The van der Waals surface area contributed by atoms with Crippen molar-refractivity contribution in [3.05, 3.63) is 73.2 Å². The topological polar surface area (TPSA) is 63.0 Å². The molecule has 0 amide bonds. The van der Waals surface area contributed by atoms with Gasteiger partial charge in [-0.1, -0.05) is 45.2 Å². The van der Waals surface area contributed by atoms with Crippen molar-refractivity contribution in [2.24, 2.45) is 5.10 Å². The van der Waals surface area contributed by atoms with Crippen LogP contribution in [0.2, 0.25) is 10.0 Å². The molecule has 5 nitrogen and oxygen atoms in total. The Bertz CT molecular complexity index is 1210. The van der Waals surface area contributed by atoms with Crippen molar-refractivity contribution in [1.82, 2.24) is 14.6 Å². The van der Waals surface area contributed by atoms with Crippen molar-refractivity contribution in [2.45, 2.75) is 0 Å². The fraction of sp³-hybridized carbons (Fsp3) is 0. The Balaban J connectivity index is 1.83. The lowest BCUT2D eigenvalue weighted by Gasteiger charge is -2.00. The summed E-state index contributed by atoms with van der Waals surface area (Å²) in [6.45, 7) is 0. The molecular weight excluding hydrogens is 427 g/mol. The molecule has 2 aromatic carbocycles. The first-order valence-corrected chi connectivity index (χ1v) is 8.76. The first-order valence-electron chi connectivity index (χ1n) is 7.21. The monoisotopic (exact) mass is 434 g/mol. The minimum absolute atomic E-state index is 0.293. The highest BCUT2D eigenvalue weighted by molar-refractivity contribution is 9.10. The number of hydrogen-bond donors (Lipinski definition) is 1. The van der Waals surface area contributed by atoms with Crippen LogP contribution < -0.4 is 5.56 Å². The minimum atomic E-state index is -0.293. The Morgan fingerprint density at radius 1 is 1.20 bits per heavy atom. The molecule has 25 heavy (non-hydrogen) atoms. The summed E-state index contributed by atoms with van der Waals surface area (Å²) in [6.07, 6.45) is 2.88. The van der Waals surface area contributed by atoms with E-state index in [0.29, 0.717) is 26.6 Å². The van der Waals surface area contributed by atoms with Gasteiger partial charge in [0.2, 0.25) is 0 Å². The van der Waals surface area contributed by atoms with Crippen LogP contribution in [-0.2, 0) is 0 Å². The Morgan fingerprint density at radius 3 is 2.84 bits per heavy atom. The average Bonchev–Trinajstić information content (AvgIpc) is 2.94. The van der Waals surface area contributed by atoms with Crippen molar-refractivity contribution in [2.75, 3.05) is 0 Å². The minimum Gasteiger partial charge on any atom is -0.349 e. The Morgan fingerprint density at radius 2 is 2.04 bits per heavy atom. The standard InChI is InChI=1S/C17H9BrCl2N4O/c18-10-2-4-14-12(5-10)15-16(23-14)17(25)24(8-21-15)22-7-9-1-3-11(19)6-13(9)20/h1-8,23H/b22-7+. The van der Waals surface area contributed by atoms with Gasteiger partial charge < -0.3 is 4.98 Å². The van der Waals surface area contributed by atoms with Crippen LogP contribution in [0.3, 0.4) is 0 Å². The molecule has 8 heteroatoms. The molecule has 0 aliphatic heterocycles. The van der Waals surface area contributed by atoms with E-state index in [-0.39, 0.29) is 5.56 Å². The number of rotatable bonds is 2. The van der Waals surface area contributed by atoms with Gasteiger partial charge in [0.15, 0.2) is 0 Å². The molecule has 0 aliphatic rings. The summed E-state index contributed by atoms with van der Waals surface area (Å²) in [5, 5.41) is 6.02. The fourth-order valence-corrected chi connectivity index (χ4v) is 3.35. The maximum atomic E-state index is 12.7. The van der Waals surface area contributed by atoms with Gasteiger partial charge in [0.25, 0.3) is 5.56 Å². The van der Waals surface area contributed by atoms with Gasteiger partial charge in [0, 0.05) is 26.0 Å². The van der Waals surface area contributed by atoms with Crippen molar-refractivity contribution in [3.63, 3.8) is 0 Å². The van der Waals surface area contributed by atoms with Crippen molar-refractivity contribution >= 4 is 67.3 Å². The molecule has 0 radical (unpaired) electrons. The van der Waals surface area contributed by atoms with Crippen molar-refractivity contribution in [1.29, 1.82) is 0 Å². The first-order chi connectivity index (χ1) is 12.0. The molecule has 4 rings (SSSR count). The maximum Gasteiger partial charge on any atom is 0.298 e. The predicted molar refractivity (Wildman–Crippen MR) is 105 cm³/mol. The summed E-state index contributed by atoms with van der Waals surface area (Å²) in [7, 11) is 0. The van der Waals surface area contributed by atoms with Crippen molar-refractivity contribution in [3.8, 4) is 0 Å². The highest BCUT2D eigenvalue weighted by Crippen LogP contribution is 2.25. The zero-order valence-electron chi connectivity index (χ0n) is 12.5. The normalized spacial score (nSPS) is 11.8. The lowest BCUT2D eigenvalue weighted by atomic mass is 10.2. The van der Waals surface area contributed by atoms with Crippen molar-refractivity contribution < 1.29 is 0 Å². The Labute approximate surface area is 160 Å². The molecule has 2 heterocycles. The number of hydrogen-bond acceptors (Lipinski definition) is 3. The van der Waals surface area contributed by atoms with E-state index in [2.05, 4.69) is 31.0 Å². The van der Waals surface area contributed by atoms with Crippen LogP contribution >= 0.6 is 39.1 Å². The third-order valence-electron chi connectivity index (χ3n) is 3.74. The summed E-state index contributed by atoms with van der Waals surface area (Å²) in [4.78, 5) is 20.1. The lowest BCUT2D eigenvalue weighted by molar-refractivity contribution is 0.815. The number of fused-ring (bicyclic) bond motifs is 3. The Kier molecular flexibility index (Phi) is 4.11. The van der Waals surface area contributed by atoms with E-state index in [4.69, 9.17) is 23.2 Å². The molecule has 0 saturated heterocycles. The third-order valence-corrected chi connectivity index (χ3v) is 4.79. The van der Waals surface area contributed by atoms with Gasteiger partial charge in [0.1, 0.15) is 17.4 Å². The molecular formula is C17H9BrCl2N4O. The number of aromatic nitrogens is 3. The van der Waals surface area contributed by atoms with E-state index in [0.717, 1.165) is 20.1 Å². The molecule has 0 unspecified atom stereocenters. The zero-order valence-corrected chi connectivity index (χ0v) is 15.6. The molecule has 2 aromatic heterocycles. The Hall–Kier alpha value is -2.15. The van der Waals surface area contributed by atoms with E-state index < -0.39 is 0 Å². The summed E-state index contributed by atoms with van der Waals surface area (Å²) in [5.41, 5.74) is 2.20. The quantitative estimate of drug-likeness (QED) is 0.458. The second-order valence-electron chi connectivity index (χ2n) is 5.34. The fourth-order valence-electron chi connectivity index (χ4n) is 2.53. The summed E-state index contributed by atoms with van der Waals surface area (Å²) in [6, 6.07) is 10.8. The van der Waals surface area contributed by atoms with E-state index in [1.165, 1.54) is 12.5 Å². The van der Waals surface area contributed by atoms with Crippen LogP contribution in [0.4, 0.5) is 0 Å². The predicted octanol–water partition coefficient (Wildman–Crippen LogP) is 4.83. The van der Waals surface area contributed by atoms with Crippen LogP contribution in [0.25, 0.3) is 21.9 Å². The van der Waals surface area contributed by atoms with Gasteiger partial charge >= 0.3 is 0 Å². The lowest BCUT2D eigenvalue weighted by Crippen LogP contribution is -2.17. The first kappa shape index (κ1) is 16.3. The van der Waals surface area contributed by atoms with Crippen LogP contribution in [-0.4, -0.2) is 20.9 Å². The second-order valence-corrected chi connectivity index (χ2v) is 7.10.